The monoisotopic (exact) mass is 359 g/mol. The van der Waals surface area contributed by atoms with Gasteiger partial charge in [-0.2, -0.15) is 0 Å². The van der Waals surface area contributed by atoms with E-state index in [0.717, 1.165) is 12.0 Å². The van der Waals surface area contributed by atoms with Crippen LogP contribution in [0.25, 0.3) is 0 Å². The van der Waals surface area contributed by atoms with E-state index in [2.05, 4.69) is 48.7 Å². The smallest absolute Gasteiger partial charge is 0.237 e. The van der Waals surface area contributed by atoms with Gasteiger partial charge in [0.05, 0.1) is 18.6 Å². The molecule has 1 saturated heterocycles. The molecule has 0 radical (unpaired) electrons. The van der Waals surface area contributed by atoms with E-state index in [1.54, 1.807) is 0 Å². The first-order valence-corrected chi connectivity index (χ1v) is 9.68. The number of nitrogens with zero attached hydrogens (tertiary/aromatic N) is 1. The molecule has 1 aromatic carbocycles. The summed E-state index contributed by atoms with van der Waals surface area (Å²) in [6, 6.07) is 8.18. The molecule has 1 aliphatic rings. The minimum Gasteiger partial charge on any atom is -0.353 e. The molecule has 2 rings (SSSR count). The lowest BCUT2D eigenvalue weighted by molar-refractivity contribution is -0.133. The van der Waals surface area contributed by atoms with E-state index in [-0.39, 0.29) is 36.4 Å². The van der Waals surface area contributed by atoms with Gasteiger partial charge >= 0.3 is 0 Å². The normalized spacial score (nSPS) is 19.5. The average molecular weight is 360 g/mol. The molecule has 2 amide bonds. The fraction of sp³-hybridized carbons (Fsp3) is 0.619. The van der Waals surface area contributed by atoms with Crippen LogP contribution in [0.4, 0.5) is 0 Å². The number of hydrogen-bond donors (Lipinski definition) is 2. The van der Waals surface area contributed by atoms with E-state index < -0.39 is 0 Å². The lowest BCUT2D eigenvalue weighted by atomic mass is 9.99. The minimum absolute atomic E-state index is 0.0211. The number of carbonyl (C=O) groups is 2. The van der Waals surface area contributed by atoms with Gasteiger partial charge in [-0.3, -0.25) is 14.5 Å². The van der Waals surface area contributed by atoms with Crippen LogP contribution >= 0.6 is 0 Å². The Morgan fingerprint density at radius 1 is 1.19 bits per heavy atom. The quantitative estimate of drug-likeness (QED) is 0.786. The molecule has 26 heavy (non-hydrogen) atoms. The first-order chi connectivity index (χ1) is 12.3. The summed E-state index contributed by atoms with van der Waals surface area (Å²) < 4.78 is 0. The van der Waals surface area contributed by atoms with Crippen LogP contribution in [0, 0.1) is 11.8 Å². The molecule has 2 N–H and O–H groups in total. The summed E-state index contributed by atoms with van der Waals surface area (Å²) in [6.07, 6.45) is 1.06. The zero-order chi connectivity index (χ0) is 19.3. The molecule has 5 heteroatoms. The molecular formula is C21H33N3O2. The van der Waals surface area contributed by atoms with Crippen molar-refractivity contribution in [3.8, 4) is 0 Å². The van der Waals surface area contributed by atoms with Gasteiger partial charge < -0.3 is 10.6 Å². The molecule has 1 aliphatic heterocycles. The van der Waals surface area contributed by atoms with Crippen molar-refractivity contribution in [2.75, 3.05) is 19.6 Å². The molecule has 0 saturated carbocycles. The van der Waals surface area contributed by atoms with Crippen molar-refractivity contribution in [1.29, 1.82) is 0 Å². The topological polar surface area (TPSA) is 61.4 Å². The molecule has 0 spiro atoms. The van der Waals surface area contributed by atoms with Crippen LogP contribution in [0.2, 0.25) is 0 Å². The lowest BCUT2D eigenvalue weighted by Gasteiger charge is -2.36. The van der Waals surface area contributed by atoms with Crippen LogP contribution in [-0.4, -0.2) is 42.4 Å². The Bertz CT molecular complexity index is 610. The Balaban J connectivity index is 1.93. The van der Waals surface area contributed by atoms with Crippen molar-refractivity contribution in [1.82, 2.24) is 15.5 Å². The Labute approximate surface area is 157 Å². The van der Waals surface area contributed by atoms with Gasteiger partial charge in [-0.05, 0) is 36.3 Å². The molecule has 1 fully saturated rings. The second-order valence-corrected chi connectivity index (χ2v) is 8.08. The highest BCUT2D eigenvalue weighted by Gasteiger charge is 2.33. The standard InChI is InChI=1S/C21H33N3O2/c1-14(2)12-17-6-8-18(9-7-17)16(5)23-19(25)13-24-11-10-22-21(26)20(24)15(3)4/h6-9,14-16,20H,10-13H2,1-5H3,(H,22,26)(H,23,25). The number of amides is 2. The fourth-order valence-electron chi connectivity index (χ4n) is 3.60. The van der Waals surface area contributed by atoms with E-state index in [1.165, 1.54) is 5.56 Å². The highest BCUT2D eigenvalue weighted by molar-refractivity contribution is 5.84. The van der Waals surface area contributed by atoms with Gasteiger partial charge in [0, 0.05) is 13.1 Å². The van der Waals surface area contributed by atoms with E-state index in [0.29, 0.717) is 19.0 Å². The van der Waals surface area contributed by atoms with Gasteiger partial charge in [-0.25, -0.2) is 0 Å². The van der Waals surface area contributed by atoms with Crippen LogP contribution in [0.1, 0.15) is 51.8 Å². The van der Waals surface area contributed by atoms with E-state index in [1.807, 2.05) is 25.7 Å². The molecule has 1 heterocycles. The van der Waals surface area contributed by atoms with Gasteiger partial charge in [0.2, 0.25) is 11.8 Å². The highest BCUT2D eigenvalue weighted by Crippen LogP contribution is 2.17. The van der Waals surface area contributed by atoms with Gasteiger partial charge in [0.1, 0.15) is 0 Å². The summed E-state index contributed by atoms with van der Waals surface area (Å²) in [5.74, 6) is 0.791. The zero-order valence-corrected chi connectivity index (χ0v) is 16.7. The van der Waals surface area contributed by atoms with Crippen LogP contribution < -0.4 is 10.6 Å². The third-order valence-electron chi connectivity index (χ3n) is 4.84. The molecule has 5 nitrogen and oxygen atoms in total. The number of rotatable bonds is 7. The molecule has 0 aliphatic carbocycles. The van der Waals surface area contributed by atoms with Gasteiger partial charge in [0.25, 0.3) is 0 Å². The molecule has 0 bridgehead atoms. The second-order valence-electron chi connectivity index (χ2n) is 8.08. The first kappa shape index (κ1) is 20.4. The van der Waals surface area contributed by atoms with E-state index in [9.17, 15) is 9.59 Å². The summed E-state index contributed by atoms with van der Waals surface area (Å²) in [5, 5.41) is 5.96. The van der Waals surface area contributed by atoms with Crippen LogP contribution in [0.15, 0.2) is 24.3 Å². The molecule has 1 aromatic rings. The highest BCUT2D eigenvalue weighted by atomic mass is 16.2. The maximum Gasteiger partial charge on any atom is 0.237 e. The number of piperazine rings is 1. The summed E-state index contributed by atoms with van der Waals surface area (Å²) in [7, 11) is 0. The minimum atomic E-state index is -0.236. The molecule has 2 atom stereocenters. The summed E-state index contributed by atoms with van der Waals surface area (Å²) in [6.45, 7) is 12.0. The molecule has 2 unspecified atom stereocenters. The van der Waals surface area contributed by atoms with Gasteiger partial charge in [-0.1, -0.05) is 52.0 Å². The third kappa shape index (κ3) is 5.56. The second kappa shape index (κ2) is 9.17. The predicted octanol–water partition coefficient (Wildman–Crippen LogP) is 2.52. The fourth-order valence-corrected chi connectivity index (χ4v) is 3.60. The Hall–Kier alpha value is -1.88. The SMILES string of the molecule is CC(C)Cc1ccc(C(C)NC(=O)CN2CCNC(=O)C2C(C)C)cc1. The van der Waals surface area contributed by atoms with Crippen molar-refractivity contribution in [2.24, 2.45) is 11.8 Å². The average Bonchev–Trinajstić information content (AvgIpc) is 2.54. The van der Waals surface area contributed by atoms with Gasteiger partial charge in [0.15, 0.2) is 0 Å². The van der Waals surface area contributed by atoms with Crippen LogP contribution in [0.5, 0.6) is 0 Å². The van der Waals surface area contributed by atoms with Crippen molar-refractivity contribution >= 4 is 11.8 Å². The third-order valence-corrected chi connectivity index (χ3v) is 4.84. The van der Waals surface area contributed by atoms with E-state index >= 15 is 0 Å². The molecular weight excluding hydrogens is 326 g/mol. The number of carbonyl (C=O) groups excluding carboxylic acids is 2. The predicted molar refractivity (Wildman–Crippen MR) is 105 cm³/mol. The lowest BCUT2D eigenvalue weighted by Crippen LogP contribution is -2.59. The van der Waals surface area contributed by atoms with Crippen LogP contribution in [-0.2, 0) is 16.0 Å². The Morgan fingerprint density at radius 2 is 1.85 bits per heavy atom. The largest absolute Gasteiger partial charge is 0.353 e. The first-order valence-electron chi connectivity index (χ1n) is 9.68. The summed E-state index contributed by atoms with van der Waals surface area (Å²) in [4.78, 5) is 26.6. The van der Waals surface area contributed by atoms with Crippen molar-refractivity contribution in [2.45, 2.75) is 53.1 Å². The molecule has 144 valence electrons. The van der Waals surface area contributed by atoms with Crippen LogP contribution in [0.3, 0.4) is 0 Å². The van der Waals surface area contributed by atoms with E-state index in [4.69, 9.17) is 0 Å². The Morgan fingerprint density at radius 3 is 2.42 bits per heavy atom. The Kier molecular flexibility index (Phi) is 7.21. The number of nitrogens with one attached hydrogen (secondary N) is 2. The number of hydrogen-bond acceptors (Lipinski definition) is 3. The van der Waals surface area contributed by atoms with Crippen molar-refractivity contribution < 1.29 is 9.59 Å². The molecule has 0 aromatic heterocycles. The maximum atomic E-state index is 12.5. The van der Waals surface area contributed by atoms with Gasteiger partial charge in [-0.15, -0.1) is 0 Å². The maximum absolute atomic E-state index is 12.5. The zero-order valence-electron chi connectivity index (χ0n) is 16.7. The van der Waals surface area contributed by atoms with Crippen molar-refractivity contribution in [3.63, 3.8) is 0 Å². The summed E-state index contributed by atoms with van der Waals surface area (Å²) in [5.41, 5.74) is 2.42. The number of benzene rings is 1. The van der Waals surface area contributed by atoms with Crippen molar-refractivity contribution in [3.05, 3.63) is 35.4 Å². The summed E-state index contributed by atoms with van der Waals surface area (Å²) >= 11 is 0.